The molecule has 0 aromatic rings. The molecule has 0 rings (SSSR count). The lowest BCUT2D eigenvalue weighted by Gasteiger charge is -2.24. The number of carbonyl (C=O) groups is 5. The molecule has 32 heavy (non-hydrogen) atoms. The number of hydrogen-bond acceptors (Lipinski definition) is 7. The average Bonchev–Trinajstić information content (AvgIpc) is 2.66. The maximum atomic E-state index is 12.7. The van der Waals surface area contributed by atoms with Gasteiger partial charge in [-0.15, -0.1) is 0 Å². The van der Waals surface area contributed by atoms with Crippen LogP contribution in [0.1, 0.15) is 40.0 Å². The Balaban J connectivity index is 5.23. The molecule has 4 unspecified atom stereocenters. The SMILES string of the molecule is CC(NC(=O)C(N)CC(N)=O)C(=O)NC(CCCN=C(N)N)C(=O)NC(C(=O)O)C(C)C. The van der Waals surface area contributed by atoms with E-state index in [-0.39, 0.29) is 18.9 Å². The number of carboxylic acids is 1. The summed E-state index contributed by atoms with van der Waals surface area (Å²) in [6.07, 6.45) is 0.00231. The van der Waals surface area contributed by atoms with Crippen molar-refractivity contribution in [1.82, 2.24) is 16.0 Å². The fourth-order valence-electron chi connectivity index (χ4n) is 2.53. The number of carboxylic acid groups (broad SMARTS) is 1. The Labute approximate surface area is 185 Å². The van der Waals surface area contributed by atoms with Crippen molar-refractivity contribution in [3.05, 3.63) is 0 Å². The molecule has 182 valence electrons. The third-order valence-electron chi connectivity index (χ3n) is 4.32. The summed E-state index contributed by atoms with van der Waals surface area (Å²) in [4.78, 5) is 63.2. The Morgan fingerprint density at radius 2 is 1.50 bits per heavy atom. The van der Waals surface area contributed by atoms with E-state index in [1.165, 1.54) is 6.92 Å². The first-order valence-electron chi connectivity index (χ1n) is 9.99. The van der Waals surface area contributed by atoms with E-state index >= 15 is 0 Å². The smallest absolute Gasteiger partial charge is 0.326 e. The summed E-state index contributed by atoms with van der Waals surface area (Å²) in [5.74, 6) is -4.74. The van der Waals surface area contributed by atoms with Crippen LogP contribution in [0, 0.1) is 5.92 Å². The third kappa shape index (κ3) is 11.1. The number of nitrogens with one attached hydrogen (secondary N) is 3. The Morgan fingerprint density at radius 3 is 1.97 bits per heavy atom. The first-order valence-corrected chi connectivity index (χ1v) is 9.99. The van der Waals surface area contributed by atoms with Crippen LogP contribution in [-0.4, -0.2) is 71.4 Å². The van der Waals surface area contributed by atoms with Gasteiger partial charge in [-0.05, 0) is 25.7 Å². The van der Waals surface area contributed by atoms with Gasteiger partial charge in [0.2, 0.25) is 23.6 Å². The van der Waals surface area contributed by atoms with Gasteiger partial charge in [-0.1, -0.05) is 13.8 Å². The maximum Gasteiger partial charge on any atom is 0.326 e. The summed E-state index contributed by atoms with van der Waals surface area (Å²) in [6, 6.07) is -4.61. The van der Waals surface area contributed by atoms with Gasteiger partial charge in [0, 0.05) is 6.54 Å². The van der Waals surface area contributed by atoms with Crippen LogP contribution in [0.25, 0.3) is 0 Å². The predicted molar refractivity (Wildman–Crippen MR) is 116 cm³/mol. The van der Waals surface area contributed by atoms with E-state index in [1.807, 2.05) is 0 Å². The summed E-state index contributed by atoms with van der Waals surface area (Å²) in [6.45, 7) is 4.78. The molecule has 0 heterocycles. The van der Waals surface area contributed by atoms with Crippen molar-refractivity contribution in [2.45, 2.75) is 64.2 Å². The van der Waals surface area contributed by atoms with E-state index < -0.39 is 66.1 Å². The fraction of sp³-hybridized carbons (Fsp3) is 0.667. The zero-order valence-electron chi connectivity index (χ0n) is 18.5. The zero-order valence-corrected chi connectivity index (χ0v) is 18.5. The highest BCUT2D eigenvalue weighted by Gasteiger charge is 2.30. The van der Waals surface area contributed by atoms with Crippen molar-refractivity contribution >= 4 is 35.6 Å². The molecule has 0 bridgehead atoms. The summed E-state index contributed by atoms with van der Waals surface area (Å²) in [7, 11) is 0. The molecule has 4 amide bonds. The average molecular weight is 459 g/mol. The largest absolute Gasteiger partial charge is 0.480 e. The number of aliphatic imine (C=N–C) groups is 1. The summed E-state index contributed by atoms with van der Waals surface area (Å²) in [5, 5.41) is 16.5. The molecule has 0 aromatic heterocycles. The Morgan fingerprint density at radius 1 is 0.906 bits per heavy atom. The highest BCUT2D eigenvalue weighted by molar-refractivity contribution is 5.94. The van der Waals surface area contributed by atoms with Crippen LogP contribution < -0.4 is 38.9 Å². The molecule has 0 saturated heterocycles. The molecule has 0 aliphatic carbocycles. The fourth-order valence-corrected chi connectivity index (χ4v) is 2.53. The van der Waals surface area contributed by atoms with Crippen LogP contribution in [0.3, 0.4) is 0 Å². The Hall–Kier alpha value is -3.42. The van der Waals surface area contributed by atoms with Crippen molar-refractivity contribution < 1.29 is 29.1 Å². The number of aliphatic carboxylic acids is 1. The summed E-state index contributed by atoms with van der Waals surface area (Å²) < 4.78 is 0. The van der Waals surface area contributed by atoms with E-state index in [0.717, 1.165) is 0 Å². The Kier molecular flexibility index (Phi) is 12.3. The molecule has 4 atom stereocenters. The minimum Gasteiger partial charge on any atom is -0.480 e. The summed E-state index contributed by atoms with van der Waals surface area (Å²) >= 11 is 0. The van der Waals surface area contributed by atoms with Gasteiger partial charge < -0.3 is 44.0 Å². The molecule has 0 aromatic carbocycles. The van der Waals surface area contributed by atoms with E-state index in [1.54, 1.807) is 13.8 Å². The van der Waals surface area contributed by atoms with Crippen molar-refractivity contribution in [3.63, 3.8) is 0 Å². The molecule has 0 radical (unpaired) electrons. The van der Waals surface area contributed by atoms with Gasteiger partial charge in [0.1, 0.15) is 18.1 Å². The monoisotopic (exact) mass is 458 g/mol. The molecule has 14 nitrogen and oxygen atoms in total. The van der Waals surface area contributed by atoms with Crippen LogP contribution >= 0.6 is 0 Å². The van der Waals surface area contributed by atoms with E-state index in [4.69, 9.17) is 22.9 Å². The first-order chi connectivity index (χ1) is 14.8. The van der Waals surface area contributed by atoms with Gasteiger partial charge in [0.15, 0.2) is 5.96 Å². The van der Waals surface area contributed by atoms with Crippen LogP contribution in [0.5, 0.6) is 0 Å². The lowest BCUT2D eigenvalue weighted by atomic mass is 10.0. The van der Waals surface area contributed by atoms with E-state index in [0.29, 0.717) is 6.42 Å². The zero-order chi connectivity index (χ0) is 25.0. The maximum absolute atomic E-state index is 12.7. The standard InChI is InChI=1S/C18H34N8O6/c1-8(2)13(17(31)32)26-16(30)11(5-4-6-23-18(21)22)25-14(28)9(3)24-15(29)10(19)7-12(20)27/h8-11,13H,4-7,19H2,1-3H3,(H2,20,27)(H,24,29)(H,25,28)(H,26,30)(H,31,32)(H4,21,22,23). The lowest BCUT2D eigenvalue weighted by Crippen LogP contribution is -2.57. The highest BCUT2D eigenvalue weighted by Crippen LogP contribution is 2.05. The van der Waals surface area contributed by atoms with Gasteiger partial charge in [0.25, 0.3) is 0 Å². The second kappa shape index (κ2) is 13.8. The second-order valence-electron chi connectivity index (χ2n) is 7.59. The van der Waals surface area contributed by atoms with E-state index in [9.17, 15) is 29.1 Å². The second-order valence-corrected chi connectivity index (χ2v) is 7.59. The highest BCUT2D eigenvalue weighted by atomic mass is 16.4. The number of nitrogens with zero attached hydrogens (tertiary/aromatic N) is 1. The first kappa shape index (κ1) is 28.6. The van der Waals surface area contributed by atoms with Crippen molar-refractivity contribution in [2.75, 3.05) is 6.54 Å². The third-order valence-corrected chi connectivity index (χ3v) is 4.32. The van der Waals surface area contributed by atoms with Gasteiger partial charge in [-0.2, -0.15) is 0 Å². The van der Waals surface area contributed by atoms with Crippen LogP contribution in [0.15, 0.2) is 4.99 Å². The molecule has 0 aliphatic heterocycles. The predicted octanol–water partition coefficient (Wildman–Crippen LogP) is -3.54. The number of hydrogen-bond donors (Lipinski definition) is 8. The van der Waals surface area contributed by atoms with Gasteiger partial charge in [0.05, 0.1) is 12.5 Å². The van der Waals surface area contributed by atoms with Crippen LogP contribution in [0.2, 0.25) is 0 Å². The lowest BCUT2D eigenvalue weighted by molar-refractivity contribution is -0.143. The molecular formula is C18H34N8O6. The van der Waals surface area contributed by atoms with Gasteiger partial charge in [-0.3, -0.25) is 24.2 Å². The number of nitrogens with two attached hydrogens (primary N) is 4. The van der Waals surface area contributed by atoms with Gasteiger partial charge >= 0.3 is 5.97 Å². The molecule has 0 aliphatic rings. The molecule has 0 fully saturated rings. The topological polar surface area (TPSA) is 258 Å². The molecule has 14 heteroatoms. The van der Waals surface area contributed by atoms with Crippen molar-refractivity contribution in [3.8, 4) is 0 Å². The number of amides is 4. The Bertz CT molecular complexity index is 722. The van der Waals surface area contributed by atoms with Crippen molar-refractivity contribution in [2.24, 2.45) is 33.8 Å². The normalized spacial score (nSPS) is 14.4. The quantitative estimate of drug-likeness (QED) is 0.0726. The summed E-state index contributed by atoms with van der Waals surface area (Å²) in [5.41, 5.74) is 21.0. The minimum absolute atomic E-state index is 0.0979. The number of primary amides is 1. The van der Waals surface area contributed by atoms with E-state index in [2.05, 4.69) is 20.9 Å². The van der Waals surface area contributed by atoms with Gasteiger partial charge in [-0.25, -0.2) is 4.79 Å². The molecule has 12 N–H and O–H groups in total. The molecule has 0 spiro atoms. The van der Waals surface area contributed by atoms with Crippen molar-refractivity contribution in [1.29, 1.82) is 0 Å². The molecular weight excluding hydrogens is 424 g/mol. The number of rotatable bonds is 14. The number of carbonyl (C=O) groups excluding carboxylic acids is 4. The van der Waals surface area contributed by atoms with Crippen LogP contribution in [0.4, 0.5) is 0 Å². The number of guanidine groups is 1. The van der Waals surface area contributed by atoms with Crippen LogP contribution in [-0.2, 0) is 24.0 Å². The minimum atomic E-state index is -1.23. The molecule has 0 saturated carbocycles.